The fourth-order valence-electron chi connectivity index (χ4n) is 3.23. The Kier molecular flexibility index (Phi) is 12.5. The summed E-state index contributed by atoms with van der Waals surface area (Å²) in [6, 6.07) is 24.9. The highest BCUT2D eigenvalue weighted by atomic mass is 15.0. The second kappa shape index (κ2) is 14.8. The van der Waals surface area contributed by atoms with Crippen LogP contribution in [0.2, 0.25) is 0 Å². The third-order valence-corrected chi connectivity index (χ3v) is 4.58. The Morgan fingerprint density at radius 2 is 1.30 bits per heavy atom. The molecule has 33 heavy (non-hydrogen) atoms. The van der Waals surface area contributed by atoms with Crippen molar-refractivity contribution in [1.82, 2.24) is 0 Å². The number of nitrogens with two attached hydrogens (primary N) is 1. The number of nitrogens with zero attached hydrogens (tertiary/aromatic N) is 2. The van der Waals surface area contributed by atoms with Gasteiger partial charge in [-0.1, -0.05) is 107 Å². The van der Waals surface area contributed by atoms with Crippen LogP contribution in [-0.2, 0) is 0 Å². The van der Waals surface area contributed by atoms with E-state index in [1.807, 2.05) is 58.0 Å². The van der Waals surface area contributed by atoms with Gasteiger partial charge in [-0.2, -0.15) is 0 Å². The predicted molar refractivity (Wildman–Crippen MR) is 147 cm³/mol. The summed E-state index contributed by atoms with van der Waals surface area (Å²) in [5, 5.41) is 0. The van der Waals surface area contributed by atoms with Gasteiger partial charge in [0.05, 0.1) is 0 Å². The average molecular weight is 444 g/mol. The van der Waals surface area contributed by atoms with Crippen LogP contribution in [0, 0.1) is 19.8 Å². The maximum atomic E-state index is 6.40. The Morgan fingerprint density at radius 1 is 0.727 bits per heavy atom. The van der Waals surface area contributed by atoms with E-state index in [0.29, 0.717) is 24.1 Å². The topological polar surface area (TPSA) is 50.7 Å². The standard InChI is InChI=1S/C26H29N3.2C2H6/c1-18(2)17-28-26(29-25(27)24-14-19(3)13-20(4)15-24)23-12-8-11-22(16-23)21-9-6-5-7-10-21;2*1-2/h5-16,18H,17H2,1-4H3,(H2,27,28,29);2*1-2H3. The van der Waals surface area contributed by atoms with E-state index in [4.69, 9.17) is 15.7 Å². The van der Waals surface area contributed by atoms with Crippen LogP contribution in [0.1, 0.15) is 63.8 Å². The third-order valence-electron chi connectivity index (χ3n) is 4.58. The molecule has 3 nitrogen and oxygen atoms in total. The van der Waals surface area contributed by atoms with Crippen LogP contribution < -0.4 is 5.73 Å². The Bertz CT molecular complexity index is 1010. The largest absolute Gasteiger partial charge is 0.383 e. The average Bonchev–Trinajstić information content (AvgIpc) is 2.84. The fraction of sp³-hybridized carbons (Fsp3) is 0.333. The van der Waals surface area contributed by atoms with Gasteiger partial charge >= 0.3 is 0 Å². The highest BCUT2D eigenvalue weighted by Crippen LogP contribution is 2.21. The van der Waals surface area contributed by atoms with Gasteiger partial charge in [0.2, 0.25) is 0 Å². The molecule has 2 N–H and O–H groups in total. The Hall–Kier alpha value is -3.20. The van der Waals surface area contributed by atoms with Crippen molar-refractivity contribution in [2.24, 2.45) is 21.6 Å². The molecule has 0 saturated heterocycles. The molecule has 0 saturated carbocycles. The molecule has 0 bridgehead atoms. The van der Waals surface area contributed by atoms with E-state index >= 15 is 0 Å². The number of aliphatic imine (C=N–C) groups is 2. The zero-order valence-corrected chi connectivity index (χ0v) is 21.7. The molecule has 3 heteroatoms. The van der Waals surface area contributed by atoms with Gasteiger partial charge in [-0.25, -0.2) is 4.99 Å². The van der Waals surface area contributed by atoms with Crippen LogP contribution in [0.5, 0.6) is 0 Å². The Balaban J connectivity index is 0.00000129. The first-order valence-electron chi connectivity index (χ1n) is 12.1. The Morgan fingerprint density at radius 3 is 1.88 bits per heavy atom. The minimum absolute atomic E-state index is 0.444. The summed E-state index contributed by atoms with van der Waals surface area (Å²) in [6.45, 7) is 17.1. The molecule has 176 valence electrons. The van der Waals surface area contributed by atoms with Gasteiger partial charge < -0.3 is 5.73 Å². The van der Waals surface area contributed by atoms with E-state index in [2.05, 4.69) is 70.2 Å². The van der Waals surface area contributed by atoms with Gasteiger partial charge in [-0.15, -0.1) is 0 Å². The van der Waals surface area contributed by atoms with Crippen molar-refractivity contribution in [3.05, 3.63) is 95.1 Å². The molecule has 0 atom stereocenters. The lowest BCUT2D eigenvalue weighted by Gasteiger charge is -2.09. The Labute approximate surface area is 201 Å². The summed E-state index contributed by atoms with van der Waals surface area (Å²) in [5.74, 6) is 1.61. The molecule has 0 fully saturated rings. The molecule has 3 aromatic carbocycles. The van der Waals surface area contributed by atoms with Crippen LogP contribution in [0.25, 0.3) is 11.1 Å². The van der Waals surface area contributed by atoms with Gasteiger partial charge in [0, 0.05) is 17.7 Å². The van der Waals surface area contributed by atoms with Crippen LogP contribution in [-0.4, -0.2) is 18.2 Å². The third kappa shape index (κ3) is 9.05. The van der Waals surface area contributed by atoms with E-state index in [0.717, 1.165) is 16.7 Å². The van der Waals surface area contributed by atoms with Crippen molar-refractivity contribution >= 4 is 11.7 Å². The molecular weight excluding hydrogens is 402 g/mol. The monoisotopic (exact) mass is 443 g/mol. The van der Waals surface area contributed by atoms with Crippen molar-refractivity contribution in [3.8, 4) is 11.1 Å². The molecule has 0 unspecified atom stereocenters. The summed E-state index contributed by atoms with van der Waals surface area (Å²) in [7, 11) is 0. The maximum absolute atomic E-state index is 6.40. The molecular formula is C30H41N3. The molecule has 0 heterocycles. The maximum Gasteiger partial charge on any atom is 0.157 e. The van der Waals surface area contributed by atoms with Crippen LogP contribution in [0.15, 0.2) is 82.8 Å². The van der Waals surface area contributed by atoms with Crippen LogP contribution >= 0.6 is 0 Å². The summed E-state index contributed by atoms with van der Waals surface area (Å²) in [6.07, 6.45) is 0. The van der Waals surface area contributed by atoms with Gasteiger partial charge in [-0.3, -0.25) is 4.99 Å². The molecule has 0 aliphatic heterocycles. The molecule has 0 amide bonds. The second-order valence-corrected chi connectivity index (χ2v) is 7.88. The van der Waals surface area contributed by atoms with E-state index in [9.17, 15) is 0 Å². The van der Waals surface area contributed by atoms with Gasteiger partial charge in [0.15, 0.2) is 5.84 Å². The molecule has 3 aromatic rings. The summed E-state index contributed by atoms with van der Waals surface area (Å²) in [5.41, 5.74) is 12.9. The predicted octanol–water partition coefficient (Wildman–Crippen LogP) is 7.83. The van der Waals surface area contributed by atoms with E-state index in [-0.39, 0.29) is 0 Å². The second-order valence-electron chi connectivity index (χ2n) is 7.88. The first kappa shape index (κ1) is 27.8. The molecule has 3 rings (SSSR count). The summed E-state index contributed by atoms with van der Waals surface area (Å²) >= 11 is 0. The molecule has 0 radical (unpaired) electrons. The van der Waals surface area contributed by atoms with E-state index < -0.39 is 0 Å². The lowest BCUT2D eigenvalue weighted by atomic mass is 10.0. The lowest BCUT2D eigenvalue weighted by molar-refractivity contribution is 0.665. The highest BCUT2D eigenvalue weighted by Gasteiger charge is 2.08. The SMILES string of the molecule is CC.CC.Cc1cc(C)cc(C(N)=NC(=NCC(C)C)c2cccc(-c3ccccc3)c2)c1. The number of aryl methyl sites for hydroxylation is 2. The minimum Gasteiger partial charge on any atom is -0.383 e. The van der Waals surface area contributed by atoms with Crippen molar-refractivity contribution < 1.29 is 0 Å². The number of amidine groups is 2. The number of hydrogen-bond acceptors (Lipinski definition) is 1. The first-order chi connectivity index (χ1) is 15.9. The quantitative estimate of drug-likeness (QED) is 0.317. The molecule has 0 aliphatic carbocycles. The summed E-state index contributed by atoms with van der Waals surface area (Å²) < 4.78 is 0. The molecule has 0 aliphatic rings. The summed E-state index contributed by atoms with van der Waals surface area (Å²) in [4.78, 5) is 9.54. The van der Waals surface area contributed by atoms with Crippen LogP contribution in [0.4, 0.5) is 0 Å². The first-order valence-corrected chi connectivity index (χ1v) is 12.1. The zero-order chi connectivity index (χ0) is 24.8. The number of benzene rings is 3. The van der Waals surface area contributed by atoms with E-state index in [1.165, 1.54) is 16.7 Å². The number of hydrogen-bond donors (Lipinski definition) is 1. The fourth-order valence-corrected chi connectivity index (χ4v) is 3.23. The molecule has 0 aromatic heterocycles. The van der Waals surface area contributed by atoms with Crippen molar-refractivity contribution in [1.29, 1.82) is 0 Å². The smallest absolute Gasteiger partial charge is 0.157 e. The van der Waals surface area contributed by atoms with Gasteiger partial charge in [0.1, 0.15) is 5.84 Å². The van der Waals surface area contributed by atoms with Gasteiger partial charge in [0.25, 0.3) is 0 Å². The van der Waals surface area contributed by atoms with E-state index in [1.54, 1.807) is 0 Å². The van der Waals surface area contributed by atoms with Crippen molar-refractivity contribution in [2.45, 2.75) is 55.4 Å². The molecule has 0 spiro atoms. The zero-order valence-electron chi connectivity index (χ0n) is 21.7. The van der Waals surface area contributed by atoms with Crippen LogP contribution in [0.3, 0.4) is 0 Å². The van der Waals surface area contributed by atoms with Gasteiger partial charge in [-0.05, 0) is 49.1 Å². The number of rotatable bonds is 5. The normalized spacial score (nSPS) is 11.3. The van der Waals surface area contributed by atoms with Crippen molar-refractivity contribution in [3.63, 3.8) is 0 Å². The lowest BCUT2D eigenvalue weighted by Crippen LogP contribution is -2.17. The van der Waals surface area contributed by atoms with Crippen molar-refractivity contribution in [2.75, 3.05) is 6.54 Å². The highest BCUT2D eigenvalue weighted by molar-refractivity contribution is 6.11. The minimum atomic E-state index is 0.444.